The molecule has 0 bridgehead atoms. The maximum absolute atomic E-state index is 12.4. The Kier molecular flexibility index (Phi) is 6.62. The molecule has 2 aromatic carbocycles. The number of oxazole rings is 1. The van der Waals surface area contributed by atoms with Crippen LogP contribution in [0.3, 0.4) is 0 Å². The number of nitrogens with one attached hydrogen (secondary N) is 2. The van der Waals surface area contributed by atoms with Crippen molar-refractivity contribution in [1.82, 2.24) is 15.6 Å². The van der Waals surface area contributed by atoms with Crippen LogP contribution >= 0.6 is 11.8 Å². The largest absolute Gasteiger partial charge is 0.431 e. The highest BCUT2D eigenvalue weighted by molar-refractivity contribution is 8.00. The lowest BCUT2D eigenvalue weighted by atomic mass is 10.1. The predicted molar refractivity (Wildman–Crippen MR) is 119 cm³/mol. The molecule has 0 aliphatic rings. The van der Waals surface area contributed by atoms with Gasteiger partial charge in [-0.05, 0) is 27.7 Å². The number of nitrogens with zero attached hydrogens (tertiary/aromatic N) is 1. The second kappa shape index (κ2) is 9.17. The monoisotopic (exact) mass is 423 g/mol. The number of hydrogen-bond donors (Lipinski definition) is 2. The van der Waals surface area contributed by atoms with Crippen LogP contribution in [-0.2, 0) is 4.79 Å². The van der Waals surface area contributed by atoms with Crippen LogP contribution in [-0.4, -0.2) is 27.7 Å². The lowest BCUT2D eigenvalue weighted by molar-refractivity contribution is -0.119. The normalized spacial score (nSPS) is 12.3. The molecule has 1 unspecified atom stereocenters. The summed E-state index contributed by atoms with van der Waals surface area (Å²) in [7, 11) is 0. The van der Waals surface area contributed by atoms with E-state index >= 15 is 0 Å². The van der Waals surface area contributed by atoms with Crippen molar-refractivity contribution in [3.8, 4) is 22.6 Å². The molecular weight excluding hydrogens is 398 g/mol. The molecule has 1 heterocycles. The minimum atomic E-state index is -0.568. The zero-order chi connectivity index (χ0) is 21.7. The number of carbonyl (C=O) groups excluding carboxylic acids is 2. The van der Waals surface area contributed by atoms with Gasteiger partial charge in [-0.15, -0.1) is 0 Å². The minimum Gasteiger partial charge on any atom is -0.431 e. The molecule has 6 nitrogen and oxygen atoms in total. The van der Waals surface area contributed by atoms with Gasteiger partial charge in [0.1, 0.15) is 5.69 Å². The number of benzene rings is 2. The van der Waals surface area contributed by atoms with E-state index in [0.717, 1.165) is 11.1 Å². The lowest BCUT2D eigenvalue weighted by Crippen LogP contribution is -2.49. The van der Waals surface area contributed by atoms with Crippen molar-refractivity contribution in [2.75, 3.05) is 0 Å². The van der Waals surface area contributed by atoms with Crippen LogP contribution in [0.15, 0.2) is 70.3 Å². The third kappa shape index (κ3) is 5.73. The zero-order valence-corrected chi connectivity index (χ0v) is 18.2. The smallest absolute Gasteiger partial charge is 0.321 e. The maximum atomic E-state index is 12.4. The Morgan fingerprint density at radius 2 is 1.53 bits per heavy atom. The van der Waals surface area contributed by atoms with Gasteiger partial charge in [0.15, 0.2) is 5.76 Å². The topological polar surface area (TPSA) is 84.2 Å². The molecule has 156 valence electrons. The molecule has 3 rings (SSSR count). The Labute approximate surface area is 180 Å². The second-order valence-electron chi connectivity index (χ2n) is 7.84. The van der Waals surface area contributed by atoms with Crippen molar-refractivity contribution in [2.45, 2.75) is 43.7 Å². The fraction of sp³-hybridized carbons (Fsp3) is 0.261. The molecule has 0 spiro atoms. The van der Waals surface area contributed by atoms with Crippen LogP contribution in [0.4, 0.5) is 4.79 Å². The first-order valence-electron chi connectivity index (χ1n) is 9.64. The molecule has 3 amide bonds. The molecule has 0 fully saturated rings. The van der Waals surface area contributed by atoms with Crippen molar-refractivity contribution in [3.63, 3.8) is 0 Å². The number of aromatic nitrogens is 1. The fourth-order valence-electron chi connectivity index (χ4n) is 2.72. The molecule has 3 aromatic rings. The highest BCUT2D eigenvalue weighted by atomic mass is 32.2. The third-order valence-electron chi connectivity index (χ3n) is 4.06. The van der Waals surface area contributed by atoms with Gasteiger partial charge in [0.25, 0.3) is 5.22 Å². The first kappa shape index (κ1) is 21.6. The van der Waals surface area contributed by atoms with Gasteiger partial charge in [-0.3, -0.25) is 10.1 Å². The van der Waals surface area contributed by atoms with Gasteiger partial charge in [0, 0.05) is 16.7 Å². The summed E-state index contributed by atoms with van der Waals surface area (Å²) in [6.45, 7) is 7.24. The predicted octanol–water partition coefficient (Wildman–Crippen LogP) is 5.11. The van der Waals surface area contributed by atoms with Crippen LogP contribution in [0.1, 0.15) is 27.7 Å². The standard InChI is InChI=1S/C23H25N3O3S/c1-15(20(27)25-21(28)26-23(2,3)4)30-22-24-18(16-11-7-5-8-12-16)19(29-22)17-13-9-6-10-14-17/h5-15H,1-4H3,(H2,25,26,27,28). The summed E-state index contributed by atoms with van der Waals surface area (Å²) in [4.78, 5) is 29.0. The number of rotatable bonds is 5. The lowest BCUT2D eigenvalue weighted by Gasteiger charge is -2.20. The van der Waals surface area contributed by atoms with E-state index in [9.17, 15) is 9.59 Å². The summed E-state index contributed by atoms with van der Waals surface area (Å²) >= 11 is 1.17. The molecule has 7 heteroatoms. The van der Waals surface area contributed by atoms with Gasteiger partial charge in [-0.2, -0.15) is 0 Å². The number of carbonyl (C=O) groups is 2. The molecule has 0 aliphatic carbocycles. The molecule has 2 N–H and O–H groups in total. The van der Waals surface area contributed by atoms with Crippen LogP contribution < -0.4 is 10.6 Å². The summed E-state index contributed by atoms with van der Waals surface area (Å²) in [6.07, 6.45) is 0. The van der Waals surface area contributed by atoms with Crippen molar-refractivity contribution >= 4 is 23.7 Å². The van der Waals surface area contributed by atoms with Crippen molar-refractivity contribution in [3.05, 3.63) is 60.7 Å². The molecule has 1 atom stereocenters. The Morgan fingerprint density at radius 3 is 2.10 bits per heavy atom. The minimum absolute atomic E-state index is 0.367. The number of amides is 3. The van der Waals surface area contributed by atoms with Gasteiger partial charge >= 0.3 is 6.03 Å². The van der Waals surface area contributed by atoms with Gasteiger partial charge in [-0.25, -0.2) is 9.78 Å². The number of hydrogen-bond acceptors (Lipinski definition) is 5. The molecule has 0 saturated carbocycles. The van der Waals surface area contributed by atoms with E-state index in [1.807, 2.05) is 81.4 Å². The first-order chi connectivity index (χ1) is 14.2. The van der Waals surface area contributed by atoms with Gasteiger partial charge < -0.3 is 9.73 Å². The van der Waals surface area contributed by atoms with Crippen LogP contribution in [0.25, 0.3) is 22.6 Å². The average Bonchev–Trinajstić information content (AvgIpc) is 3.11. The Morgan fingerprint density at radius 1 is 0.967 bits per heavy atom. The molecule has 30 heavy (non-hydrogen) atoms. The molecule has 0 radical (unpaired) electrons. The zero-order valence-electron chi connectivity index (χ0n) is 17.4. The van der Waals surface area contributed by atoms with E-state index in [0.29, 0.717) is 16.7 Å². The van der Waals surface area contributed by atoms with Crippen molar-refractivity contribution in [1.29, 1.82) is 0 Å². The van der Waals surface area contributed by atoms with E-state index in [1.54, 1.807) is 6.92 Å². The van der Waals surface area contributed by atoms with E-state index < -0.39 is 22.7 Å². The van der Waals surface area contributed by atoms with Crippen LogP contribution in [0.2, 0.25) is 0 Å². The maximum Gasteiger partial charge on any atom is 0.321 e. The Balaban J connectivity index is 1.80. The Bertz CT molecular complexity index is 954. The second-order valence-corrected chi connectivity index (χ2v) is 9.14. The highest BCUT2D eigenvalue weighted by Gasteiger charge is 2.24. The van der Waals surface area contributed by atoms with Gasteiger partial charge in [0.2, 0.25) is 5.91 Å². The quantitative estimate of drug-likeness (QED) is 0.557. The van der Waals surface area contributed by atoms with Gasteiger partial charge in [-0.1, -0.05) is 72.4 Å². The summed E-state index contributed by atoms with van der Waals surface area (Å²) in [5.74, 6) is 0.227. The fourth-order valence-corrected chi connectivity index (χ4v) is 3.46. The van der Waals surface area contributed by atoms with Crippen molar-refractivity contribution in [2.24, 2.45) is 0 Å². The first-order valence-corrected chi connectivity index (χ1v) is 10.5. The summed E-state index contributed by atoms with van der Waals surface area (Å²) in [5.41, 5.74) is 2.10. The summed E-state index contributed by atoms with van der Waals surface area (Å²) in [5, 5.41) is 4.87. The summed E-state index contributed by atoms with van der Waals surface area (Å²) < 4.78 is 6.03. The number of urea groups is 1. The Hall–Kier alpha value is -3.06. The molecule has 0 aliphatic heterocycles. The van der Waals surface area contributed by atoms with Crippen molar-refractivity contribution < 1.29 is 14.0 Å². The molecule has 0 saturated heterocycles. The third-order valence-corrected chi connectivity index (χ3v) is 5.01. The SMILES string of the molecule is CC(Sc1nc(-c2ccccc2)c(-c2ccccc2)o1)C(=O)NC(=O)NC(C)(C)C. The van der Waals surface area contributed by atoms with E-state index in [1.165, 1.54) is 11.8 Å². The molecular formula is C23H25N3O3S. The highest BCUT2D eigenvalue weighted by Crippen LogP contribution is 2.36. The van der Waals surface area contributed by atoms with E-state index in [4.69, 9.17) is 4.42 Å². The van der Waals surface area contributed by atoms with Crippen LogP contribution in [0.5, 0.6) is 0 Å². The number of thioether (sulfide) groups is 1. The number of imide groups is 1. The van der Waals surface area contributed by atoms with Gasteiger partial charge in [0.05, 0.1) is 5.25 Å². The van der Waals surface area contributed by atoms with E-state index in [2.05, 4.69) is 15.6 Å². The molecule has 1 aromatic heterocycles. The van der Waals surface area contributed by atoms with Crippen LogP contribution in [0, 0.1) is 0 Å². The van der Waals surface area contributed by atoms with E-state index in [-0.39, 0.29) is 0 Å². The summed E-state index contributed by atoms with van der Waals surface area (Å²) in [6, 6.07) is 18.9. The average molecular weight is 424 g/mol.